The summed E-state index contributed by atoms with van der Waals surface area (Å²) in [6, 6.07) is 8.10. The lowest BCUT2D eigenvalue weighted by Crippen LogP contribution is -2.19. The van der Waals surface area contributed by atoms with Crippen LogP contribution in [0.4, 0.5) is 10.1 Å². The summed E-state index contributed by atoms with van der Waals surface area (Å²) in [5.41, 5.74) is 1.39. The van der Waals surface area contributed by atoms with E-state index in [0.717, 1.165) is 17.7 Å². The molecule has 39 heavy (non-hydrogen) atoms. The van der Waals surface area contributed by atoms with Gasteiger partial charge in [-0.05, 0) is 56.7 Å². The fraction of sp³-hybridized carbons (Fsp3) is 0.259. The summed E-state index contributed by atoms with van der Waals surface area (Å²) in [6.45, 7) is 4.84. The average Bonchev–Trinajstić information content (AvgIpc) is 2.88. The van der Waals surface area contributed by atoms with Crippen LogP contribution in [0.1, 0.15) is 44.6 Å². The van der Waals surface area contributed by atoms with Gasteiger partial charge in [0.2, 0.25) is 0 Å². The van der Waals surface area contributed by atoms with E-state index in [1.165, 1.54) is 12.3 Å². The molecule has 0 spiro atoms. The van der Waals surface area contributed by atoms with E-state index in [4.69, 9.17) is 16.7 Å². The molecule has 0 aliphatic rings. The molecule has 4 rings (SSSR count). The maximum atomic E-state index is 14.8. The standard InChI is InChI=1S/C27H26ClFN4O5S/c1-15(19-11-18(5-6-22(19)29)39(37,38)9-8-24(34)35)33-25-20-10-16(4-7-23(20)30-14-21(25)28)17-12-31-26(32-13-17)27(2,3)36/h4-7,10-15,36H,8-9H2,1-3H3,(H,30,33)(H,34,35). The van der Waals surface area contributed by atoms with E-state index in [1.54, 1.807) is 39.2 Å². The molecule has 0 saturated heterocycles. The van der Waals surface area contributed by atoms with Crippen LogP contribution in [-0.4, -0.2) is 45.3 Å². The van der Waals surface area contributed by atoms with Gasteiger partial charge in [-0.15, -0.1) is 0 Å². The highest BCUT2D eigenvalue weighted by Crippen LogP contribution is 2.36. The Morgan fingerprint density at radius 3 is 2.41 bits per heavy atom. The summed E-state index contributed by atoms with van der Waals surface area (Å²) in [6.07, 6.45) is 4.10. The van der Waals surface area contributed by atoms with E-state index in [2.05, 4.69) is 20.3 Å². The van der Waals surface area contributed by atoms with Crippen molar-refractivity contribution in [2.24, 2.45) is 0 Å². The molecule has 1 atom stereocenters. The molecule has 0 fully saturated rings. The Labute approximate surface area is 229 Å². The molecule has 2 aromatic carbocycles. The summed E-state index contributed by atoms with van der Waals surface area (Å²) < 4.78 is 40.0. The quantitative estimate of drug-likeness (QED) is 0.232. The Morgan fingerprint density at radius 1 is 1.08 bits per heavy atom. The fourth-order valence-corrected chi connectivity index (χ4v) is 5.43. The topological polar surface area (TPSA) is 142 Å². The van der Waals surface area contributed by atoms with Gasteiger partial charge in [-0.3, -0.25) is 9.78 Å². The minimum Gasteiger partial charge on any atom is -0.481 e. The molecule has 3 N–H and O–H groups in total. The van der Waals surface area contributed by atoms with Crippen molar-refractivity contribution >= 4 is 44.0 Å². The van der Waals surface area contributed by atoms with Crippen molar-refractivity contribution < 1.29 is 27.8 Å². The van der Waals surface area contributed by atoms with Gasteiger partial charge in [0, 0.05) is 35.1 Å². The summed E-state index contributed by atoms with van der Waals surface area (Å²) in [5, 5.41) is 23.1. The molecule has 9 nitrogen and oxygen atoms in total. The molecule has 0 amide bonds. The number of nitrogens with zero attached hydrogens (tertiary/aromatic N) is 3. The third-order valence-electron chi connectivity index (χ3n) is 6.09. The number of hydrogen-bond donors (Lipinski definition) is 3. The summed E-state index contributed by atoms with van der Waals surface area (Å²) in [4.78, 5) is 23.5. The monoisotopic (exact) mass is 572 g/mol. The third kappa shape index (κ3) is 6.32. The Kier molecular flexibility index (Phi) is 7.87. The fourth-order valence-electron chi connectivity index (χ4n) is 3.97. The number of benzene rings is 2. The first-order chi connectivity index (χ1) is 18.3. The third-order valence-corrected chi connectivity index (χ3v) is 8.09. The number of nitrogens with one attached hydrogen (secondary N) is 1. The summed E-state index contributed by atoms with van der Waals surface area (Å²) in [5.74, 6) is -2.19. The molecule has 0 aliphatic carbocycles. The number of fused-ring (bicyclic) bond motifs is 1. The van der Waals surface area contributed by atoms with Crippen LogP contribution in [0.5, 0.6) is 0 Å². The first-order valence-corrected chi connectivity index (χ1v) is 13.9. The molecule has 0 saturated carbocycles. The molecule has 4 aromatic rings. The lowest BCUT2D eigenvalue weighted by molar-refractivity contribution is -0.136. The minimum absolute atomic E-state index is 0.0687. The van der Waals surface area contributed by atoms with E-state index in [9.17, 15) is 22.7 Å². The molecule has 2 heterocycles. The van der Waals surface area contributed by atoms with Gasteiger partial charge in [0.25, 0.3) is 0 Å². The SMILES string of the molecule is CC(Nc1c(Cl)cnc2ccc(-c3cnc(C(C)(C)O)nc3)cc12)c1cc(S(=O)(=O)CCC(=O)O)ccc1F. The van der Waals surface area contributed by atoms with E-state index >= 15 is 0 Å². The zero-order valence-electron chi connectivity index (χ0n) is 21.3. The van der Waals surface area contributed by atoms with Gasteiger partial charge in [-0.25, -0.2) is 22.8 Å². The molecule has 12 heteroatoms. The highest BCUT2D eigenvalue weighted by molar-refractivity contribution is 7.91. The lowest BCUT2D eigenvalue weighted by Gasteiger charge is -2.20. The highest BCUT2D eigenvalue weighted by atomic mass is 35.5. The van der Waals surface area contributed by atoms with Crippen molar-refractivity contribution in [1.82, 2.24) is 15.0 Å². The molecular formula is C27H26ClFN4O5S. The second-order valence-electron chi connectivity index (χ2n) is 9.58. The van der Waals surface area contributed by atoms with Crippen LogP contribution in [-0.2, 0) is 20.2 Å². The first-order valence-electron chi connectivity index (χ1n) is 11.9. The smallest absolute Gasteiger partial charge is 0.304 e. The zero-order valence-corrected chi connectivity index (χ0v) is 22.9. The van der Waals surface area contributed by atoms with Crippen LogP contribution < -0.4 is 5.32 Å². The Balaban J connectivity index is 1.70. The second kappa shape index (κ2) is 10.8. The van der Waals surface area contributed by atoms with Gasteiger partial charge in [0.1, 0.15) is 11.4 Å². The average molecular weight is 573 g/mol. The molecular weight excluding hydrogens is 547 g/mol. The van der Waals surface area contributed by atoms with Crippen LogP contribution in [0.3, 0.4) is 0 Å². The zero-order chi connectivity index (χ0) is 28.5. The Bertz CT molecular complexity index is 1660. The number of sulfone groups is 1. The Morgan fingerprint density at radius 2 is 1.77 bits per heavy atom. The van der Waals surface area contributed by atoms with Crippen molar-refractivity contribution in [2.75, 3.05) is 11.1 Å². The van der Waals surface area contributed by atoms with Crippen LogP contribution >= 0.6 is 11.6 Å². The predicted octanol–water partition coefficient (Wildman–Crippen LogP) is 5.13. The van der Waals surface area contributed by atoms with Gasteiger partial charge in [-0.2, -0.15) is 0 Å². The molecule has 0 aliphatic heterocycles. The van der Waals surface area contributed by atoms with Crippen molar-refractivity contribution in [3.8, 4) is 11.1 Å². The van der Waals surface area contributed by atoms with E-state index in [1.807, 2.05) is 12.1 Å². The van der Waals surface area contributed by atoms with Crippen LogP contribution in [0.25, 0.3) is 22.0 Å². The molecule has 204 valence electrons. The predicted molar refractivity (Wildman–Crippen MR) is 146 cm³/mol. The first kappa shape index (κ1) is 28.3. The number of aromatic nitrogens is 3. The highest BCUT2D eigenvalue weighted by Gasteiger charge is 2.22. The van der Waals surface area contributed by atoms with E-state index in [-0.39, 0.29) is 21.3 Å². The second-order valence-corrected chi connectivity index (χ2v) is 12.1. The molecule has 2 aromatic heterocycles. The van der Waals surface area contributed by atoms with E-state index in [0.29, 0.717) is 22.2 Å². The van der Waals surface area contributed by atoms with Crippen molar-refractivity contribution in [3.63, 3.8) is 0 Å². The maximum absolute atomic E-state index is 14.8. The normalized spacial score (nSPS) is 12.9. The van der Waals surface area contributed by atoms with E-state index < -0.39 is 45.4 Å². The number of pyridine rings is 1. The number of carboxylic acids is 1. The Hall–Kier alpha value is -3.67. The van der Waals surface area contributed by atoms with Crippen molar-refractivity contribution in [1.29, 1.82) is 0 Å². The van der Waals surface area contributed by atoms with Crippen molar-refractivity contribution in [3.05, 3.63) is 77.2 Å². The van der Waals surface area contributed by atoms with Gasteiger partial charge in [0.15, 0.2) is 15.7 Å². The number of halogens is 2. The largest absolute Gasteiger partial charge is 0.481 e. The number of hydrogen-bond acceptors (Lipinski definition) is 8. The lowest BCUT2D eigenvalue weighted by atomic mass is 10.0. The van der Waals surface area contributed by atoms with Gasteiger partial charge < -0.3 is 15.5 Å². The number of rotatable bonds is 9. The van der Waals surface area contributed by atoms with Gasteiger partial charge in [-0.1, -0.05) is 17.7 Å². The van der Waals surface area contributed by atoms with Crippen molar-refractivity contribution in [2.45, 2.75) is 43.7 Å². The summed E-state index contributed by atoms with van der Waals surface area (Å²) >= 11 is 6.50. The molecule has 1 unspecified atom stereocenters. The van der Waals surface area contributed by atoms with Gasteiger partial charge >= 0.3 is 5.97 Å². The van der Waals surface area contributed by atoms with Crippen LogP contribution in [0.15, 0.2) is 59.9 Å². The minimum atomic E-state index is -3.93. The maximum Gasteiger partial charge on any atom is 0.304 e. The number of carbonyl (C=O) groups is 1. The number of aliphatic hydroxyl groups is 1. The van der Waals surface area contributed by atoms with Crippen LogP contribution in [0, 0.1) is 5.82 Å². The number of aliphatic carboxylic acids is 1. The van der Waals surface area contributed by atoms with Crippen LogP contribution in [0.2, 0.25) is 5.02 Å². The molecule has 0 bridgehead atoms. The number of anilines is 1. The molecule has 0 radical (unpaired) electrons. The summed E-state index contributed by atoms with van der Waals surface area (Å²) in [7, 11) is -3.93. The number of carboxylic acid groups (broad SMARTS) is 1. The van der Waals surface area contributed by atoms with Gasteiger partial charge in [0.05, 0.1) is 39.3 Å².